The first-order valence-corrected chi connectivity index (χ1v) is 22.2. The highest BCUT2D eigenvalue weighted by atomic mass is 31.2. The van der Waals surface area contributed by atoms with Gasteiger partial charge in [0, 0.05) is 33.4 Å². The van der Waals surface area contributed by atoms with Gasteiger partial charge in [-0.3, -0.25) is 0 Å². The Kier molecular flexibility index (Phi) is 12.7. The first kappa shape index (κ1) is 43.5. The summed E-state index contributed by atoms with van der Waals surface area (Å²) in [6, 6.07) is 64.5. The van der Waals surface area contributed by atoms with E-state index in [9.17, 15) is 29.7 Å². The third-order valence-corrected chi connectivity index (χ3v) is 12.1. The molecule has 0 unspecified atom stereocenters. The van der Waals surface area contributed by atoms with Gasteiger partial charge in [-0.1, -0.05) is 182 Å². The number of carbonyl (C=O) groups is 3. The lowest BCUT2D eigenvalue weighted by Crippen LogP contribution is -2.09. The summed E-state index contributed by atoms with van der Waals surface area (Å²) in [6.07, 6.45) is 0. The van der Waals surface area contributed by atoms with Crippen molar-refractivity contribution in [2.45, 2.75) is 0 Å². The van der Waals surface area contributed by atoms with Crippen LogP contribution in [0.15, 0.2) is 218 Å². The van der Waals surface area contributed by atoms with E-state index in [0.717, 1.165) is 0 Å². The second-order valence-corrected chi connectivity index (χ2v) is 16.2. The summed E-state index contributed by atoms with van der Waals surface area (Å²) in [6.45, 7) is 0. The summed E-state index contributed by atoms with van der Waals surface area (Å²) >= 11 is 0. The van der Waals surface area contributed by atoms with E-state index in [1.165, 1.54) is 18.2 Å². The molecule has 0 atom stereocenters. The van der Waals surface area contributed by atoms with E-state index in [4.69, 9.17) is 13.6 Å². The fourth-order valence-corrected chi connectivity index (χ4v) is 9.25. The Hall–Kier alpha value is -8.78. The molecule has 0 fully saturated rings. The minimum atomic E-state index is -2.67. The number of aromatic carboxylic acids is 3. The van der Waals surface area contributed by atoms with Crippen LogP contribution >= 0.6 is 8.60 Å². The van der Waals surface area contributed by atoms with Crippen molar-refractivity contribution in [3.8, 4) is 84.0 Å². The minimum absolute atomic E-state index is 0.0369. The number of rotatable bonds is 15. The fourth-order valence-electron chi connectivity index (χ4n) is 8.20. The van der Waals surface area contributed by atoms with Gasteiger partial charge in [-0.25, -0.2) is 14.4 Å². The molecule has 0 heterocycles. The van der Waals surface area contributed by atoms with Gasteiger partial charge in [0.25, 0.3) is 0 Å². The van der Waals surface area contributed by atoms with Gasteiger partial charge < -0.3 is 28.9 Å². The predicted molar refractivity (Wildman–Crippen MR) is 262 cm³/mol. The molecule has 67 heavy (non-hydrogen) atoms. The monoisotopic (exact) mass is 898 g/mol. The smallest absolute Gasteiger partial charge is 0.478 e. The zero-order valence-corrected chi connectivity index (χ0v) is 36.4. The summed E-state index contributed by atoms with van der Waals surface area (Å²) in [5, 5.41) is 31.9. The summed E-state index contributed by atoms with van der Waals surface area (Å²) in [4.78, 5) is 39.1. The van der Waals surface area contributed by atoms with Crippen LogP contribution in [-0.4, -0.2) is 33.2 Å². The van der Waals surface area contributed by atoms with Crippen LogP contribution in [0.5, 0.6) is 17.2 Å². The Balaban J connectivity index is 1.32. The maximum absolute atomic E-state index is 13.0. The summed E-state index contributed by atoms with van der Waals surface area (Å²) in [5.41, 5.74) is 6.50. The predicted octanol–water partition coefficient (Wildman–Crippen LogP) is 14.5. The molecule has 9 rings (SSSR count). The van der Waals surface area contributed by atoms with E-state index in [1.54, 1.807) is 18.2 Å². The van der Waals surface area contributed by atoms with Crippen LogP contribution in [-0.2, 0) is 0 Å². The highest BCUT2D eigenvalue weighted by Gasteiger charge is 2.32. The van der Waals surface area contributed by atoms with Crippen LogP contribution in [0.1, 0.15) is 31.1 Å². The van der Waals surface area contributed by atoms with E-state index in [0.29, 0.717) is 66.8 Å². The van der Waals surface area contributed by atoms with Crippen LogP contribution in [0, 0.1) is 0 Å². The quantitative estimate of drug-likeness (QED) is 0.0858. The normalized spacial score (nSPS) is 10.9. The molecule has 0 aliphatic heterocycles. The lowest BCUT2D eigenvalue weighted by Gasteiger charge is -2.25. The van der Waals surface area contributed by atoms with Gasteiger partial charge in [0.05, 0.1) is 16.7 Å². The minimum Gasteiger partial charge on any atom is -0.478 e. The zero-order chi connectivity index (χ0) is 46.3. The lowest BCUT2D eigenvalue weighted by atomic mass is 9.89. The van der Waals surface area contributed by atoms with Crippen molar-refractivity contribution < 1.29 is 43.3 Å². The first-order valence-electron chi connectivity index (χ1n) is 21.1. The van der Waals surface area contributed by atoms with Crippen molar-refractivity contribution in [3.63, 3.8) is 0 Å². The third kappa shape index (κ3) is 9.13. The molecule has 0 aliphatic rings. The summed E-state index contributed by atoms with van der Waals surface area (Å²) in [5.74, 6) is -2.76. The van der Waals surface area contributed by atoms with E-state index in [1.807, 2.05) is 182 Å². The molecule has 9 nitrogen and oxygen atoms in total. The third-order valence-electron chi connectivity index (χ3n) is 11.1. The highest BCUT2D eigenvalue weighted by molar-refractivity contribution is 7.43. The topological polar surface area (TPSA) is 140 Å². The number of hydrogen-bond donors (Lipinski definition) is 3. The summed E-state index contributed by atoms with van der Waals surface area (Å²) < 4.78 is 21.1. The van der Waals surface area contributed by atoms with Crippen LogP contribution in [0.3, 0.4) is 0 Å². The van der Waals surface area contributed by atoms with Gasteiger partial charge in [-0.05, 0) is 69.8 Å². The molecule has 326 valence electrons. The van der Waals surface area contributed by atoms with Crippen molar-refractivity contribution in [2.24, 2.45) is 0 Å². The largest absolute Gasteiger partial charge is 0.530 e. The second-order valence-electron chi connectivity index (χ2n) is 15.2. The van der Waals surface area contributed by atoms with Gasteiger partial charge in [0.2, 0.25) is 0 Å². The molecular formula is C57H39O9P. The molecule has 0 aliphatic carbocycles. The molecule has 9 aromatic carbocycles. The molecule has 0 amide bonds. The SMILES string of the molecule is O=C(O)c1ccc(OP(Oc2ccc(C(=O)O)c(-c3ccccc3)c2-c2ccccc2)Oc2ccc(C(=O)O)c(-c3ccccc3)c2-c2ccccc2)c(-c2ccccc2)c1-c1ccccc1. The average molecular weight is 899 g/mol. The van der Waals surface area contributed by atoms with Gasteiger partial charge in [-0.15, -0.1) is 0 Å². The Morgan fingerprint density at radius 2 is 0.463 bits per heavy atom. The number of carboxylic acids is 3. The summed E-state index contributed by atoms with van der Waals surface area (Å²) in [7, 11) is -2.67. The van der Waals surface area contributed by atoms with Crippen molar-refractivity contribution >= 4 is 26.5 Å². The van der Waals surface area contributed by atoms with Crippen LogP contribution in [0.25, 0.3) is 66.8 Å². The Labute approximate surface area is 387 Å². The zero-order valence-electron chi connectivity index (χ0n) is 35.5. The molecule has 0 saturated heterocycles. The maximum Gasteiger partial charge on any atom is 0.530 e. The van der Waals surface area contributed by atoms with Crippen LogP contribution in [0.2, 0.25) is 0 Å². The Bertz CT molecular complexity index is 2870. The molecule has 9 aromatic rings. The number of carboxylic acid groups (broad SMARTS) is 3. The van der Waals surface area contributed by atoms with E-state index in [-0.39, 0.29) is 33.9 Å². The van der Waals surface area contributed by atoms with Crippen molar-refractivity contribution in [1.82, 2.24) is 0 Å². The molecule has 0 bridgehead atoms. The van der Waals surface area contributed by atoms with Gasteiger partial charge in [0.15, 0.2) is 0 Å². The van der Waals surface area contributed by atoms with Crippen molar-refractivity contribution in [1.29, 1.82) is 0 Å². The molecule has 10 heteroatoms. The lowest BCUT2D eigenvalue weighted by molar-refractivity contribution is 0.0687. The molecule has 0 saturated carbocycles. The van der Waals surface area contributed by atoms with E-state index >= 15 is 0 Å². The maximum atomic E-state index is 13.0. The van der Waals surface area contributed by atoms with Crippen LogP contribution < -0.4 is 13.6 Å². The van der Waals surface area contributed by atoms with Crippen molar-refractivity contribution in [2.75, 3.05) is 0 Å². The molecular weight excluding hydrogens is 860 g/mol. The molecule has 0 spiro atoms. The number of hydrogen-bond acceptors (Lipinski definition) is 6. The van der Waals surface area contributed by atoms with Crippen LogP contribution in [0.4, 0.5) is 0 Å². The second kappa shape index (κ2) is 19.5. The van der Waals surface area contributed by atoms with Gasteiger partial charge in [0.1, 0.15) is 17.2 Å². The molecule has 3 N–H and O–H groups in total. The Morgan fingerprint density at radius 1 is 0.269 bits per heavy atom. The van der Waals surface area contributed by atoms with Crippen molar-refractivity contribution in [3.05, 3.63) is 235 Å². The van der Waals surface area contributed by atoms with E-state index < -0.39 is 26.5 Å². The number of benzene rings is 9. The van der Waals surface area contributed by atoms with E-state index in [2.05, 4.69) is 0 Å². The average Bonchev–Trinajstić information content (AvgIpc) is 3.37. The van der Waals surface area contributed by atoms with Gasteiger partial charge >= 0.3 is 26.5 Å². The standard InChI is InChI=1S/C57H39O9P/c58-55(59)43-31-34-46(52(40-25-13-4-14-26-40)49(43)37-19-7-1-8-20-37)64-67(65-47-35-32-44(56(60)61)50(38-21-9-2-10-22-38)53(47)41-27-15-5-16-28-41)66-48-36-33-45(57(62)63)51(39-23-11-3-12-24-39)54(48)42-29-17-6-18-30-42/h1-36H,(H,58,59)(H,60,61)(H,62,63). The fraction of sp³-hybridized carbons (Fsp3) is 0. The molecule has 0 aromatic heterocycles. The molecule has 0 radical (unpaired) electrons. The highest BCUT2D eigenvalue weighted by Crippen LogP contribution is 2.54. The Morgan fingerprint density at radius 3 is 0.657 bits per heavy atom. The first-order chi connectivity index (χ1) is 32.8. The van der Waals surface area contributed by atoms with Gasteiger partial charge in [-0.2, -0.15) is 0 Å².